The highest BCUT2D eigenvalue weighted by Crippen LogP contribution is 2.44. The predicted octanol–water partition coefficient (Wildman–Crippen LogP) is 13.3. The van der Waals surface area contributed by atoms with Crippen LogP contribution in [0.2, 0.25) is 0 Å². The SMILES string of the molecule is Cn1c(-c2cc(C(C)(C)C)cc(C(C)(C)C)c2O)nc2c(-c3cc(-c4ccccc4)cc(-c4cc(-c5ccc(-c6ccccc6)cc5)ccn4)c3)cccc21. The number of phenolic OH excluding ortho intramolecular Hbond substituents is 1. The Morgan fingerprint density at radius 2 is 1.07 bits per heavy atom. The van der Waals surface area contributed by atoms with Crippen LogP contribution in [0.4, 0.5) is 0 Å². The van der Waals surface area contributed by atoms with Crippen molar-refractivity contribution in [3.63, 3.8) is 0 Å². The van der Waals surface area contributed by atoms with E-state index in [0.29, 0.717) is 0 Å². The molecule has 8 aromatic rings. The second-order valence-corrected chi connectivity index (χ2v) is 16.6. The van der Waals surface area contributed by atoms with Crippen LogP contribution in [0.15, 0.2) is 152 Å². The lowest BCUT2D eigenvalue weighted by Crippen LogP contribution is -2.17. The number of hydrogen-bond donors (Lipinski definition) is 1. The van der Waals surface area contributed by atoms with Gasteiger partial charge in [0.25, 0.3) is 0 Å². The summed E-state index contributed by atoms with van der Waals surface area (Å²) in [7, 11) is 2.04. The lowest BCUT2D eigenvalue weighted by Gasteiger charge is -2.27. The van der Waals surface area contributed by atoms with Gasteiger partial charge in [-0.1, -0.05) is 145 Å². The van der Waals surface area contributed by atoms with Crippen LogP contribution in [0.25, 0.3) is 78.2 Å². The Bertz CT molecular complexity index is 2660. The molecule has 0 amide bonds. The third-order valence-corrected chi connectivity index (χ3v) is 10.7. The number of nitrogens with zero attached hydrogens (tertiary/aromatic N) is 3. The molecule has 0 atom stereocenters. The zero-order valence-electron chi connectivity index (χ0n) is 32.7. The molecule has 1 N–H and O–H groups in total. The summed E-state index contributed by atoms with van der Waals surface area (Å²) in [6.45, 7) is 13.1. The van der Waals surface area contributed by atoms with Crippen LogP contribution in [0, 0.1) is 0 Å². The standard InChI is InChI=1S/C51H47N3O/c1-50(2,3)41-31-43(48(55)44(32-41)51(4,5)6)49-53-47-42(19-14-20-46(47)54(49)7)39-27-38(34-17-12-9-13-18-34)28-40(29-39)45-30-37(25-26-52-45)36-23-21-35(22-24-36)33-15-10-8-11-16-33/h8-32,55H,1-7H3. The molecular weight excluding hydrogens is 671 g/mol. The second-order valence-electron chi connectivity index (χ2n) is 16.6. The van der Waals surface area contributed by atoms with E-state index in [-0.39, 0.29) is 16.6 Å². The van der Waals surface area contributed by atoms with Crippen LogP contribution in [-0.4, -0.2) is 19.6 Å². The minimum atomic E-state index is -0.249. The minimum absolute atomic E-state index is 0.108. The molecule has 55 heavy (non-hydrogen) atoms. The molecule has 0 radical (unpaired) electrons. The molecule has 0 saturated heterocycles. The maximum absolute atomic E-state index is 11.8. The Hall–Kier alpha value is -6.26. The quantitative estimate of drug-likeness (QED) is 0.186. The molecule has 0 aliphatic heterocycles. The minimum Gasteiger partial charge on any atom is -0.507 e. The number of aromatic hydroxyl groups is 1. The highest BCUT2D eigenvalue weighted by Gasteiger charge is 2.27. The fraction of sp³-hybridized carbons (Fsp3) is 0.176. The summed E-state index contributed by atoms with van der Waals surface area (Å²) in [5.41, 5.74) is 15.2. The van der Waals surface area contributed by atoms with Crippen LogP contribution >= 0.6 is 0 Å². The summed E-state index contributed by atoms with van der Waals surface area (Å²) in [5.74, 6) is 1.03. The largest absolute Gasteiger partial charge is 0.507 e. The summed E-state index contributed by atoms with van der Waals surface area (Å²) in [6, 6.07) is 51.3. The van der Waals surface area contributed by atoms with E-state index in [2.05, 4.69) is 180 Å². The Labute approximate surface area is 324 Å². The third-order valence-electron chi connectivity index (χ3n) is 10.7. The number of rotatable bonds is 6. The van der Waals surface area contributed by atoms with E-state index in [1.165, 1.54) is 16.7 Å². The summed E-state index contributed by atoms with van der Waals surface area (Å²) in [4.78, 5) is 10.2. The normalized spacial score (nSPS) is 12.0. The van der Waals surface area contributed by atoms with Crippen LogP contribution in [0.5, 0.6) is 5.75 Å². The first kappa shape index (κ1) is 35.8. The van der Waals surface area contributed by atoms with Gasteiger partial charge < -0.3 is 9.67 Å². The van der Waals surface area contributed by atoms with Crippen molar-refractivity contribution in [3.05, 3.63) is 163 Å². The van der Waals surface area contributed by atoms with Gasteiger partial charge in [-0.25, -0.2) is 4.98 Å². The fourth-order valence-electron chi connectivity index (χ4n) is 7.48. The molecular formula is C51H47N3O. The molecule has 8 rings (SSSR count). The van der Waals surface area contributed by atoms with E-state index in [9.17, 15) is 5.11 Å². The smallest absolute Gasteiger partial charge is 0.144 e. The molecule has 272 valence electrons. The van der Waals surface area contributed by atoms with Gasteiger partial charge in [0.05, 0.1) is 22.3 Å². The summed E-state index contributed by atoms with van der Waals surface area (Å²) >= 11 is 0. The number of benzene rings is 6. The number of pyridine rings is 1. The Balaban J connectivity index is 1.27. The molecule has 6 aromatic carbocycles. The molecule has 0 fully saturated rings. The van der Waals surface area contributed by atoms with Crippen molar-refractivity contribution in [2.45, 2.75) is 52.4 Å². The third kappa shape index (κ3) is 6.97. The summed E-state index contributed by atoms with van der Waals surface area (Å²) in [6.07, 6.45) is 1.90. The summed E-state index contributed by atoms with van der Waals surface area (Å²) < 4.78 is 2.11. The van der Waals surface area contributed by atoms with Gasteiger partial charge >= 0.3 is 0 Å². The van der Waals surface area contributed by atoms with E-state index in [4.69, 9.17) is 9.97 Å². The van der Waals surface area contributed by atoms with Gasteiger partial charge in [0.15, 0.2) is 0 Å². The molecule has 2 heterocycles. The molecule has 2 aromatic heterocycles. The number of phenols is 1. The Kier molecular flexibility index (Phi) is 9.01. The first-order valence-electron chi connectivity index (χ1n) is 19.0. The number of para-hydroxylation sites is 1. The van der Waals surface area contributed by atoms with Gasteiger partial charge in [-0.3, -0.25) is 4.98 Å². The van der Waals surface area contributed by atoms with E-state index in [1.54, 1.807) is 0 Å². The molecule has 0 spiro atoms. The number of aromatic nitrogens is 3. The molecule has 0 saturated carbocycles. The molecule has 0 unspecified atom stereocenters. The highest BCUT2D eigenvalue weighted by atomic mass is 16.3. The summed E-state index contributed by atoms with van der Waals surface area (Å²) in [5, 5.41) is 11.8. The number of aryl methyl sites for hydroxylation is 1. The van der Waals surface area contributed by atoms with E-state index in [0.717, 1.165) is 72.6 Å². The van der Waals surface area contributed by atoms with Gasteiger partial charge in [-0.2, -0.15) is 0 Å². The number of imidazole rings is 1. The lowest BCUT2D eigenvalue weighted by atomic mass is 9.79. The molecule has 0 aliphatic carbocycles. The fourth-order valence-corrected chi connectivity index (χ4v) is 7.48. The number of hydrogen-bond acceptors (Lipinski definition) is 3. The second kappa shape index (κ2) is 13.9. The van der Waals surface area contributed by atoms with Gasteiger partial charge in [0.2, 0.25) is 0 Å². The monoisotopic (exact) mass is 717 g/mol. The maximum atomic E-state index is 11.8. The van der Waals surface area contributed by atoms with E-state index in [1.807, 2.05) is 25.4 Å². The average molecular weight is 718 g/mol. The van der Waals surface area contributed by atoms with Crippen LogP contribution in [0.3, 0.4) is 0 Å². The van der Waals surface area contributed by atoms with E-state index < -0.39 is 0 Å². The number of fused-ring (bicyclic) bond motifs is 1. The van der Waals surface area contributed by atoms with Crippen LogP contribution < -0.4 is 0 Å². The van der Waals surface area contributed by atoms with Crippen LogP contribution in [-0.2, 0) is 17.9 Å². The van der Waals surface area contributed by atoms with Gasteiger partial charge in [-0.05, 0) is 97.8 Å². The van der Waals surface area contributed by atoms with Crippen LogP contribution in [0.1, 0.15) is 52.7 Å². The van der Waals surface area contributed by atoms with Gasteiger partial charge in [0.1, 0.15) is 11.6 Å². The molecule has 0 bridgehead atoms. The topological polar surface area (TPSA) is 50.9 Å². The Morgan fingerprint density at radius 3 is 1.71 bits per heavy atom. The lowest BCUT2D eigenvalue weighted by molar-refractivity contribution is 0.446. The first-order chi connectivity index (χ1) is 26.3. The van der Waals surface area contributed by atoms with Crippen molar-refractivity contribution in [1.82, 2.24) is 14.5 Å². The predicted molar refractivity (Wildman–Crippen MR) is 230 cm³/mol. The molecule has 4 nitrogen and oxygen atoms in total. The molecule has 4 heteroatoms. The van der Waals surface area contributed by atoms with Crippen molar-refractivity contribution in [1.29, 1.82) is 0 Å². The zero-order valence-corrected chi connectivity index (χ0v) is 32.7. The van der Waals surface area contributed by atoms with Crippen molar-refractivity contribution in [2.75, 3.05) is 0 Å². The zero-order chi connectivity index (χ0) is 38.5. The van der Waals surface area contributed by atoms with Crippen molar-refractivity contribution in [3.8, 4) is 72.9 Å². The molecule has 0 aliphatic rings. The van der Waals surface area contributed by atoms with Crippen molar-refractivity contribution < 1.29 is 5.11 Å². The first-order valence-corrected chi connectivity index (χ1v) is 19.0. The highest BCUT2D eigenvalue weighted by molar-refractivity contribution is 5.96. The Morgan fingerprint density at radius 1 is 0.491 bits per heavy atom. The average Bonchev–Trinajstić information content (AvgIpc) is 3.53. The van der Waals surface area contributed by atoms with Crippen molar-refractivity contribution >= 4 is 11.0 Å². The maximum Gasteiger partial charge on any atom is 0.144 e. The van der Waals surface area contributed by atoms with Gasteiger partial charge in [-0.15, -0.1) is 0 Å². The van der Waals surface area contributed by atoms with E-state index >= 15 is 0 Å². The van der Waals surface area contributed by atoms with Crippen molar-refractivity contribution in [2.24, 2.45) is 7.05 Å². The van der Waals surface area contributed by atoms with Gasteiger partial charge in [0, 0.05) is 29.9 Å².